The van der Waals surface area contributed by atoms with Gasteiger partial charge in [0.15, 0.2) is 0 Å². The molecule has 0 bridgehead atoms. The maximum absolute atomic E-state index is 12.5. The van der Waals surface area contributed by atoms with Crippen LogP contribution in [0.1, 0.15) is 145 Å². The molecule has 8 atom stereocenters. The van der Waals surface area contributed by atoms with Crippen molar-refractivity contribution in [1.82, 2.24) is 5.32 Å². The first-order chi connectivity index (χ1) is 20.5. The molecule has 3 fully saturated rings. The molecule has 1 amide bonds. The molecule has 0 aromatic heterocycles. The Hall–Kier alpha value is -1.52. The van der Waals surface area contributed by atoms with Crippen molar-refractivity contribution in [1.29, 1.82) is 0 Å². The van der Waals surface area contributed by atoms with Gasteiger partial charge >= 0.3 is 6.16 Å². The minimum Gasteiger partial charge on any atom is -0.434 e. The summed E-state index contributed by atoms with van der Waals surface area (Å²) in [4.78, 5) is 24.1. The summed E-state index contributed by atoms with van der Waals surface area (Å²) in [6.45, 7) is 17.4. The number of allylic oxidation sites excluding steroid dienone is 1. The zero-order valence-electron chi connectivity index (χ0n) is 28.8. The summed E-state index contributed by atoms with van der Waals surface area (Å²) in [5.74, 6) is 5.21. The first-order valence-corrected chi connectivity index (χ1v) is 18.3. The standard InChI is InChI=1S/C38H65NO4/c1-26(2)13-12-14-28(5)32-17-18-33-31-16-15-29-25-30(19-21-37(29,6)34(31)20-22-38(32,33)7)43-36(41)42-24-11-9-8-10-23-39-35(40)27(3)4/h15,26-28,30-34H,8-14,16-25H2,1-7H3,(H,39,40)/t28-,30+,31?,32-,33?,34?,37+,38-/m1/s1. The molecule has 43 heavy (non-hydrogen) atoms. The van der Waals surface area contributed by atoms with E-state index in [1.807, 2.05) is 13.8 Å². The van der Waals surface area contributed by atoms with E-state index in [1.165, 1.54) is 51.4 Å². The highest BCUT2D eigenvalue weighted by molar-refractivity contribution is 5.77. The SMILES string of the molecule is CC(C)CCC[C@@H](C)[C@H]1CCC2C3CC=C4C[C@@H](OC(=O)OCCCCCCNC(=O)C(C)C)CC[C@]4(C)C3CC[C@@]21C. The van der Waals surface area contributed by atoms with Crippen molar-refractivity contribution in [2.24, 2.45) is 52.3 Å². The normalized spacial score (nSPS) is 34.2. The zero-order valence-corrected chi connectivity index (χ0v) is 28.8. The molecule has 5 nitrogen and oxygen atoms in total. The van der Waals surface area contributed by atoms with Gasteiger partial charge in [-0.1, -0.05) is 85.8 Å². The molecule has 3 unspecified atom stereocenters. The Balaban J connectivity index is 1.21. The van der Waals surface area contributed by atoms with Gasteiger partial charge in [0, 0.05) is 18.9 Å². The highest BCUT2D eigenvalue weighted by Gasteiger charge is 2.59. The van der Waals surface area contributed by atoms with Crippen molar-refractivity contribution in [2.45, 2.75) is 151 Å². The summed E-state index contributed by atoms with van der Waals surface area (Å²) in [5, 5.41) is 2.95. The van der Waals surface area contributed by atoms with Crippen molar-refractivity contribution >= 4 is 12.1 Å². The lowest BCUT2D eigenvalue weighted by Gasteiger charge is -2.58. The Bertz CT molecular complexity index is 958. The summed E-state index contributed by atoms with van der Waals surface area (Å²) in [7, 11) is 0. The summed E-state index contributed by atoms with van der Waals surface area (Å²) in [5.41, 5.74) is 2.35. The highest BCUT2D eigenvalue weighted by Crippen LogP contribution is 2.67. The van der Waals surface area contributed by atoms with E-state index in [9.17, 15) is 9.59 Å². The van der Waals surface area contributed by atoms with Gasteiger partial charge < -0.3 is 14.8 Å². The number of amides is 1. The Morgan fingerprint density at radius 2 is 1.67 bits per heavy atom. The van der Waals surface area contributed by atoms with E-state index >= 15 is 0 Å². The minimum absolute atomic E-state index is 0.0327. The number of rotatable bonds is 14. The molecule has 4 aliphatic carbocycles. The molecule has 5 heteroatoms. The second-order valence-corrected chi connectivity index (χ2v) is 16.2. The van der Waals surface area contributed by atoms with E-state index in [-0.39, 0.29) is 23.3 Å². The number of nitrogens with one attached hydrogen (secondary N) is 1. The molecule has 1 N–H and O–H groups in total. The van der Waals surface area contributed by atoms with Crippen LogP contribution in [0, 0.1) is 52.3 Å². The molecule has 0 aromatic rings. The van der Waals surface area contributed by atoms with Crippen LogP contribution >= 0.6 is 0 Å². The van der Waals surface area contributed by atoms with Crippen LogP contribution in [0.2, 0.25) is 0 Å². The lowest BCUT2D eigenvalue weighted by molar-refractivity contribution is -0.123. The maximum atomic E-state index is 12.5. The van der Waals surface area contributed by atoms with Gasteiger partial charge in [-0.15, -0.1) is 0 Å². The number of carbonyl (C=O) groups is 2. The van der Waals surface area contributed by atoms with E-state index in [1.54, 1.807) is 5.57 Å². The van der Waals surface area contributed by atoms with Crippen LogP contribution in [0.3, 0.4) is 0 Å². The molecule has 0 aromatic carbocycles. The van der Waals surface area contributed by atoms with Crippen molar-refractivity contribution < 1.29 is 19.1 Å². The smallest absolute Gasteiger partial charge is 0.434 e. The van der Waals surface area contributed by atoms with Crippen LogP contribution in [-0.2, 0) is 14.3 Å². The number of carbonyl (C=O) groups excluding carboxylic acids is 2. The van der Waals surface area contributed by atoms with E-state index in [0.717, 1.165) is 87.0 Å². The lowest BCUT2D eigenvalue weighted by atomic mass is 9.47. The van der Waals surface area contributed by atoms with Crippen LogP contribution in [0.15, 0.2) is 11.6 Å². The highest BCUT2D eigenvalue weighted by atomic mass is 16.7. The Morgan fingerprint density at radius 3 is 2.42 bits per heavy atom. The largest absolute Gasteiger partial charge is 0.508 e. The lowest BCUT2D eigenvalue weighted by Crippen LogP contribution is -2.51. The average molecular weight is 600 g/mol. The fraction of sp³-hybridized carbons (Fsp3) is 0.895. The number of ether oxygens (including phenoxy) is 2. The first kappa shape index (κ1) is 34.4. The minimum atomic E-state index is -0.500. The van der Waals surface area contributed by atoms with Gasteiger partial charge in [0.1, 0.15) is 6.10 Å². The number of hydrogen-bond acceptors (Lipinski definition) is 4. The monoisotopic (exact) mass is 599 g/mol. The van der Waals surface area contributed by atoms with Gasteiger partial charge in [-0.2, -0.15) is 0 Å². The van der Waals surface area contributed by atoms with Crippen molar-refractivity contribution in [3.63, 3.8) is 0 Å². The predicted octanol–water partition coefficient (Wildman–Crippen LogP) is 9.88. The number of fused-ring (bicyclic) bond motifs is 5. The average Bonchev–Trinajstić information content (AvgIpc) is 3.31. The van der Waals surface area contributed by atoms with E-state index < -0.39 is 6.16 Å². The molecule has 4 aliphatic rings. The van der Waals surface area contributed by atoms with Gasteiger partial charge in [-0.3, -0.25) is 4.79 Å². The van der Waals surface area contributed by atoms with Crippen LogP contribution in [0.25, 0.3) is 0 Å². The Kier molecular flexibility index (Phi) is 12.1. The van der Waals surface area contributed by atoms with Crippen molar-refractivity contribution in [3.8, 4) is 0 Å². The third kappa shape index (κ3) is 8.20. The Labute approximate surface area is 264 Å². The maximum Gasteiger partial charge on any atom is 0.508 e. The summed E-state index contributed by atoms with van der Waals surface area (Å²) in [6, 6.07) is 0. The fourth-order valence-electron chi connectivity index (χ4n) is 10.1. The zero-order chi connectivity index (χ0) is 31.2. The molecule has 0 saturated heterocycles. The van der Waals surface area contributed by atoms with E-state index in [2.05, 4.69) is 46.0 Å². The predicted molar refractivity (Wildman–Crippen MR) is 176 cm³/mol. The van der Waals surface area contributed by atoms with Crippen molar-refractivity contribution in [3.05, 3.63) is 11.6 Å². The second kappa shape index (κ2) is 15.2. The van der Waals surface area contributed by atoms with Crippen LogP contribution in [0.5, 0.6) is 0 Å². The number of unbranched alkanes of at least 4 members (excludes halogenated alkanes) is 3. The van der Waals surface area contributed by atoms with Crippen LogP contribution in [0.4, 0.5) is 4.79 Å². The van der Waals surface area contributed by atoms with Gasteiger partial charge in [0.25, 0.3) is 0 Å². The first-order valence-electron chi connectivity index (χ1n) is 18.3. The molecule has 4 rings (SSSR count). The quantitative estimate of drug-likeness (QED) is 0.123. The second-order valence-electron chi connectivity index (χ2n) is 16.2. The van der Waals surface area contributed by atoms with Crippen molar-refractivity contribution in [2.75, 3.05) is 13.2 Å². The summed E-state index contributed by atoms with van der Waals surface area (Å²) >= 11 is 0. The van der Waals surface area contributed by atoms with Gasteiger partial charge in [0.2, 0.25) is 5.91 Å². The third-order valence-corrected chi connectivity index (χ3v) is 12.6. The molecule has 0 spiro atoms. The van der Waals surface area contributed by atoms with E-state index in [0.29, 0.717) is 12.0 Å². The Morgan fingerprint density at radius 1 is 0.907 bits per heavy atom. The van der Waals surface area contributed by atoms with Gasteiger partial charge in [-0.05, 0) is 111 Å². The number of hydrogen-bond donors (Lipinski definition) is 1. The van der Waals surface area contributed by atoms with Crippen LogP contribution < -0.4 is 5.32 Å². The molecule has 0 aliphatic heterocycles. The van der Waals surface area contributed by atoms with E-state index in [4.69, 9.17) is 9.47 Å². The molecule has 0 heterocycles. The third-order valence-electron chi connectivity index (χ3n) is 12.6. The summed E-state index contributed by atoms with van der Waals surface area (Å²) < 4.78 is 11.3. The molecular weight excluding hydrogens is 534 g/mol. The van der Waals surface area contributed by atoms with Gasteiger partial charge in [-0.25, -0.2) is 4.79 Å². The molecule has 0 radical (unpaired) electrons. The topological polar surface area (TPSA) is 64.6 Å². The summed E-state index contributed by atoms with van der Waals surface area (Å²) in [6.07, 6.45) is 19.8. The fourth-order valence-corrected chi connectivity index (χ4v) is 10.1. The molecule has 246 valence electrons. The molecular formula is C38H65NO4. The van der Waals surface area contributed by atoms with Crippen LogP contribution in [-0.4, -0.2) is 31.3 Å². The van der Waals surface area contributed by atoms with Gasteiger partial charge in [0.05, 0.1) is 6.61 Å². The molecule has 3 saturated carbocycles.